The molecule has 1 N–H and O–H groups in total. The molecule has 1 heterocycles. The molecule has 0 radical (unpaired) electrons. The Morgan fingerprint density at radius 1 is 1.26 bits per heavy atom. The van der Waals surface area contributed by atoms with Crippen LogP contribution in [0.15, 0.2) is 12.1 Å². The highest BCUT2D eigenvalue weighted by Gasteiger charge is 2.10. The van der Waals surface area contributed by atoms with Crippen molar-refractivity contribution < 1.29 is 4.74 Å². The third-order valence-electron chi connectivity index (χ3n) is 2.81. The predicted octanol–water partition coefficient (Wildman–Crippen LogP) is 3.70. The maximum absolute atomic E-state index is 5.77. The highest BCUT2D eigenvalue weighted by atomic mass is 16.5. The van der Waals surface area contributed by atoms with Crippen molar-refractivity contribution in [2.75, 3.05) is 6.61 Å². The molecule has 1 rings (SSSR count). The van der Waals surface area contributed by atoms with Crippen molar-refractivity contribution in [1.82, 2.24) is 10.3 Å². The number of ether oxygens (including phenoxy) is 1. The number of aryl methyl sites for hydroxylation is 1. The van der Waals surface area contributed by atoms with Crippen LogP contribution >= 0.6 is 0 Å². The summed E-state index contributed by atoms with van der Waals surface area (Å²) >= 11 is 0. The lowest BCUT2D eigenvalue weighted by molar-refractivity contribution is 0.236. The van der Waals surface area contributed by atoms with Gasteiger partial charge in [-0.1, -0.05) is 34.6 Å². The van der Waals surface area contributed by atoms with Crippen LogP contribution in [0.1, 0.15) is 52.3 Å². The number of hydrogen-bond donors (Lipinski definition) is 1. The molecule has 3 nitrogen and oxygen atoms in total. The number of aromatic nitrogens is 1. The summed E-state index contributed by atoms with van der Waals surface area (Å²) in [6.45, 7) is 14.5. The summed E-state index contributed by atoms with van der Waals surface area (Å²) in [7, 11) is 0. The zero-order chi connectivity index (χ0) is 14.5. The third-order valence-corrected chi connectivity index (χ3v) is 2.81. The van der Waals surface area contributed by atoms with Crippen molar-refractivity contribution in [2.45, 2.75) is 60.5 Å². The van der Waals surface area contributed by atoms with Crippen LogP contribution in [0, 0.1) is 12.3 Å². The minimum Gasteiger partial charge on any atom is -0.478 e. The number of nitrogens with zero attached hydrogens (tertiary/aromatic N) is 1. The normalized spacial score (nSPS) is 11.9. The van der Waals surface area contributed by atoms with E-state index in [9.17, 15) is 0 Å². The molecule has 0 aliphatic carbocycles. The van der Waals surface area contributed by atoms with Crippen molar-refractivity contribution in [3.63, 3.8) is 0 Å². The van der Waals surface area contributed by atoms with E-state index < -0.39 is 0 Å². The summed E-state index contributed by atoms with van der Waals surface area (Å²) in [4.78, 5) is 4.43. The summed E-state index contributed by atoms with van der Waals surface area (Å²) in [6.07, 6.45) is 1.03. The Morgan fingerprint density at radius 2 is 1.95 bits per heavy atom. The number of rotatable bonds is 6. The highest BCUT2D eigenvalue weighted by molar-refractivity contribution is 5.24. The van der Waals surface area contributed by atoms with Gasteiger partial charge in [0, 0.05) is 24.3 Å². The Labute approximate surface area is 117 Å². The van der Waals surface area contributed by atoms with Gasteiger partial charge in [-0.3, -0.25) is 0 Å². The third kappa shape index (κ3) is 7.16. The van der Waals surface area contributed by atoms with Crippen LogP contribution in [0.2, 0.25) is 0 Å². The average molecular weight is 264 g/mol. The van der Waals surface area contributed by atoms with Gasteiger partial charge in [0.1, 0.15) is 0 Å². The fraction of sp³-hybridized carbons (Fsp3) is 0.688. The molecule has 0 amide bonds. The Kier molecular flexibility index (Phi) is 5.80. The van der Waals surface area contributed by atoms with Crippen LogP contribution in [0.25, 0.3) is 0 Å². The van der Waals surface area contributed by atoms with E-state index in [1.807, 2.05) is 13.0 Å². The lowest BCUT2D eigenvalue weighted by atomic mass is 9.93. The van der Waals surface area contributed by atoms with Crippen molar-refractivity contribution in [2.24, 2.45) is 5.41 Å². The molecular weight excluding hydrogens is 236 g/mol. The van der Waals surface area contributed by atoms with Gasteiger partial charge in [-0.25, -0.2) is 4.98 Å². The van der Waals surface area contributed by atoms with E-state index in [1.54, 1.807) is 0 Å². The van der Waals surface area contributed by atoms with E-state index in [0.29, 0.717) is 11.5 Å². The fourth-order valence-electron chi connectivity index (χ4n) is 1.67. The second kappa shape index (κ2) is 6.90. The first-order valence-electron chi connectivity index (χ1n) is 7.10. The fourth-order valence-corrected chi connectivity index (χ4v) is 1.67. The van der Waals surface area contributed by atoms with Gasteiger partial charge in [0.25, 0.3) is 0 Å². The van der Waals surface area contributed by atoms with Crippen LogP contribution in [-0.4, -0.2) is 17.6 Å². The monoisotopic (exact) mass is 264 g/mol. The minimum atomic E-state index is 0.297. The lowest BCUT2D eigenvalue weighted by Gasteiger charge is -2.18. The molecule has 0 aliphatic heterocycles. The molecule has 0 saturated carbocycles. The van der Waals surface area contributed by atoms with E-state index in [2.05, 4.69) is 51.0 Å². The summed E-state index contributed by atoms with van der Waals surface area (Å²) in [5, 5.41) is 3.41. The first-order valence-corrected chi connectivity index (χ1v) is 7.10. The van der Waals surface area contributed by atoms with E-state index in [4.69, 9.17) is 4.74 Å². The maximum atomic E-state index is 5.77. The van der Waals surface area contributed by atoms with Crippen LogP contribution in [-0.2, 0) is 6.54 Å². The Morgan fingerprint density at radius 3 is 2.53 bits per heavy atom. The SMILES string of the molecule is Cc1cc(CNC(C)C)cc(OCCC(C)(C)C)n1. The zero-order valence-corrected chi connectivity index (χ0v) is 13.2. The van der Waals surface area contributed by atoms with Gasteiger partial charge in [-0.2, -0.15) is 0 Å². The molecule has 0 aliphatic rings. The lowest BCUT2D eigenvalue weighted by Crippen LogP contribution is -2.22. The standard InChI is InChI=1S/C16H28N2O/c1-12(2)17-11-14-9-13(3)18-15(10-14)19-8-7-16(4,5)6/h9-10,12,17H,7-8,11H2,1-6H3. The van der Waals surface area contributed by atoms with Crippen LogP contribution in [0.4, 0.5) is 0 Å². The molecule has 1 aromatic rings. The van der Waals surface area contributed by atoms with E-state index in [0.717, 1.165) is 31.1 Å². The Hall–Kier alpha value is -1.09. The van der Waals surface area contributed by atoms with Crippen LogP contribution < -0.4 is 10.1 Å². The smallest absolute Gasteiger partial charge is 0.213 e. The molecule has 108 valence electrons. The summed E-state index contributed by atoms with van der Waals surface area (Å²) in [6, 6.07) is 4.62. The molecule has 19 heavy (non-hydrogen) atoms. The molecule has 0 unspecified atom stereocenters. The number of hydrogen-bond acceptors (Lipinski definition) is 3. The second-order valence-corrected chi connectivity index (χ2v) is 6.65. The average Bonchev–Trinajstić information content (AvgIpc) is 2.24. The number of nitrogens with one attached hydrogen (secondary N) is 1. The van der Waals surface area contributed by atoms with Gasteiger partial charge in [-0.15, -0.1) is 0 Å². The van der Waals surface area contributed by atoms with Gasteiger partial charge in [0.05, 0.1) is 6.61 Å². The summed E-state index contributed by atoms with van der Waals surface area (Å²) in [5.74, 6) is 0.741. The topological polar surface area (TPSA) is 34.1 Å². The molecule has 1 aromatic heterocycles. The molecular formula is C16H28N2O. The van der Waals surface area contributed by atoms with Gasteiger partial charge < -0.3 is 10.1 Å². The minimum absolute atomic E-state index is 0.297. The Bertz CT molecular complexity index is 394. The Balaban J connectivity index is 2.58. The van der Waals surface area contributed by atoms with E-state index >= 15 is 0 Å². The maximum Gasteiger partial charge on any atom is 0.213 e. The molecule has 0 spiro atoms. The van der Waals surface area contributed by atoms with Gasteiger partial charge in [-0.05, 0) is 30.4 Å². The summed E-state index contributed by atoms with van der Waals surface area (Å²) in [5.41, 5.74) is 2.53. The van der Waals surface area contributed by atoms with Crippen LogP contribution in [0.3, 0.4) is 0 Å². The van der Waals surface area contributed by atoms with Gasteiger partial charge in [0.2, 0.25) is 5.88 Å². The molecule has 0 atom stereocenters. The van der Waals surface area contributed by atoms with Crippen molar-refractivity contribution in [1.29, 1.82) is 0 Å². The number of pyridine rings is 1. The zero-order valence-electron chi connectivity index (χ0n) is 13.2. The first-order chi connectivity index (χ1) is 8.76. The molecule has 0 fully saturated rings. The largest absolute Gasteiger partial charge is 0.478 e. The van der Waals surface area contributed by atoms with Gasteiger partial charge >= 0.3 is 0 Å². The van der Waals surface area contributed by atoms with E-state index in [-0.39, 0.29) is 0 Å². The second-order valence-electron chi connectivity index (χ2n) is 6.65. The van der Waals surface area contributed by atoms with Crippen LogP contribution in [0.5, 0.6) is 5.88 Å². The van der Waals surface area contributed by atoms with Gasteiger partial charge in [0.15, 0.2) is 0 Å². The van der Waals surface area contributed by atoms with Crippen molar-refractivity contribution >= 4 is 0 Å². The molecule has 3 heteroatoms. The van der Waals surface area contributed by atoms with E-state index in [1.165, 1.54) is 5.56 Å². The highest BCUT2D eigenvalue weighted by Crippen LogP contribution is 2.19. The molecule has 0 bridgehead atoms. The molecule has 0 saturated heterocycles. The first kappa shape index (κ1) is 16.0. The molecule has 0 aromatic carbocycles. The predicted molar refractivity (Wildman–Crippen MR) is 80.5 cm³/mol. The quantitative estimate of drug-likeness (QED) is 0.850. The van der Waals surface area contributed by atoms with Crippen molar-refractivity contribution in [3.05, 3.63) is 23.4 Å². The van der Waals surface area contributed by atoms with Crippen molar-refractivity contribution in [3.8, 4) is 5.88 Å². The summed E-state index contributed by atoms with van der Waals surface area (Å²) < 4.78 is 5.77.